The van der Waals surface area contributed by atoms with Gasteiger partial charge in [0.15, 0.2) is 5.96 Å². The summed E-state index contributed by atoms with van der Waals surface area (Å²) >= 11 is 0. The number of hydrogen-bond acceptors (Lipinski definition) is 3. The van der Waals surface area contributed by atoms with Gasteiger partial charge in [-0.05, 0) is 31.2 Å². The van der Waals surface area contributed by atoms with Crippen LogP contribution in [-0.2, 0) is 6.54 Å². The number of aliphatic imine (C=N–C) groups is 1. The van der Waals surface area contributed by atoms with Crippen LogP contribution in [0.3, 0.4) is 0 Å². The molecule has 0 atom stereocenters. The number of carbonyl (C=O) groups excluding carboxylic acids is 1. The van der Waals surface area contributed by atoms with Crippen molar-refractivity contribution in [2.24, 2.45) is 4.99 Å². The highest BCUT2D eigenvalue weighted by Gasteiger charge is 2.04. The van der Waals surface area contributed by atoms with E-state index in [-0.39, 0.29) is 5.91 Å². The third-order valence-electron chi connectivity index (χ3n) is 3.37. The van der Waals surface area contributed by atoms with Gasteiger partial charge in [-0.25, -0.2) is 0 Å². The van der Waals surface area contributed by atoms with Gasteiger partial charge in [0.05, 0.1) is 12.2 Å². The third-order valence-corrected chi connectivity index (χ3v) is 3.37. The fourth-order valence-corrected chi connectivity index (χ4v) is 2.14. The molecule has 0 spiro atoms. The van der Waals surface area contributed by atoms with Gasteiger partial charge in [0, 0.05) is 31.9 Å². The highest BCUT2D eigenvalue weighted by Crippen LogP contribution is 2.03. The van der Waals surface area contributed by atoms with Crippen molar-refractivity contribution in [3.05, 3.63) is 65.5 Å². The Bertz CT molecular complexity index is 685. The molecule has 0 saturated carbocycles. The summed E-state index contributed by atoms with van der Waals surface area (Å²) in [6, 6.07) is 13.3. The van der Waals surface area contributed by atoms with E-state index < -0.39 is 0 Å². The monoisotopic (exact) mass is 325 g/mol. The average Bonchev–Trinajstić information content (AvgIpc) is 2.61. The van der Waals surface area contributed by atoms with Crippen molar-refractivity contribution in [1.29, 1.82) is 0 Å². The topological polar surface area (TPSA) is 78.4 Å². The van der Waals surface area contributed by atoms with Crippen LogP contribution < -0.4 is 16.0 Å². The highest BCUT2D eigenvalue weighted by molar-refractivity contribution is 5.94. The van der Waals surface area contributed by atoms with Crippen LogP contribution in [0.25, 0.3) is 0 Å². The molecular weight excluding hydrogens is 302 g/mol. The first kappa shape index (κ1) is 17.5. The first-order valence-corrected chi connectivity index (χ1v) is 7.88. The number of benzene rings is 1. The van der Waals surface area contributed by atoms with E-state index in [0.717, 1.165) is 11.3 Å². The van der Waals surface area contributed by atoms with Crippen LogP contribution in [0.4, 0.5) is 0 Å². The van der Waals surface area contributed by atoms with Gasteiger partial charge >= 0.3 is 0 Å². The fourth-order valence-electron chi connectivity index (χ4n) is 2.14. The predicted molar refractivity (Wildman–Crippen MR) is 96.0 cm³/mol. The van der Waals surface area contributed by atoms with E-state index in [1.54, 1.807) is 13.2 Å². The zero-order valence-corrected chi connectivity index (χ0v) is 14.0. The van der Waals surface area contributed by atoms with Crippen molar-refractivity contribution in [2.45, 2.75) is 13.5 Å². The minimum absolute atomic E-state index is 0.0723. The highest BCUT2D eigenvalue weighted by atomic mass is 16.1. The summed E-state index contributed by atoms with van der Waals surface area (Å²) in [6.07, 6.45) is 1.76. The molecule has 3 N–H and O–H groups in total. The van der Waals surface area contributed by atoms with Gasteiger partial charge < -0.3 is 16.0 Å². The van der Waals surface area contributed by atoms with Gasteiger partial charge in [0.1, 0.15) is 0 Å². The van der Waals surface area contributed by atoms with Crippen LogP contribution >= 0.6 is 0 Å². The normalized spacial score (nSPS) is 11.0. The lowest BCUT2D eigenvalue weighted by Crippen LogP contribution is -2.41. The van der Waals surface area contributed by atoms with Crippen LogP contribution in [0, 0.1) is 6.92 Å². The Hall–Kier alpha value is -2.89. The quantitative estimate of drug-likeness (QED) is 0.427. The number of pyridine rings is 1. The molecule has 0 radical (unpaired) electrons. The Morgan fingerprint density at radius 2 is 1.92 bits per heavy atom. The van der Waals surface area contributed by atoms with E-state index in [4.69, 9.17) is 0 Å². The van der Waals surface area contributed by atoms with Gasteiger partial charge in [-0.2, -0.15) is 0 Å². The molecule has 0 aliphatic carbocycles. The van der Waals surface area contributed by atoms with Gasteiger partial charge in [0.25, 0.3) is 5.91 Å². The molecule has 1 aromatic heterocycles. The molecular formula is C18H23N5O. The summed E-state index contributed by atoms with van der Waals surface area (Å²) < 4.78 is 0. The largest absolute Gasteiger partial charge is 0.355 e. The number of hydrogen-bond donors (Lipinski definition) is 3. The Balaban J connectivity index is 1.69. The number of amides is 1. The second kappa shape index (κ2) is 9.29. The maximum atomic E-state index is 12.0. The van der Waals surface area contributed by atoms with Crippen molar-refractivity contribution in [1.82, 2.24) is 20.9 Å². The molecule has 1 amide bonds. The summed E-state index contributed by atoms with van der Waals surface area (Å²) in [5, 5.41) is 9.21. The second-order valence-electron chi connectivity index (χ2n) is 5.30. The second-order valence-corrected chi connectivity index (χ2v) is 5.30. The summed E-state index contributed by atoms with van der Waals surface area (Å²) in [5.41, 5.74) is 2.68. The molecule has 2 rings (SSSR count). The Labute approximate surface area is 142 Å². The summed E-state index contributed by atoms with van der Waals surface area (Å²) in [4.78, 5) is 20.4. The lowest BCUT2D eigenvalue weighted by atomic mass is 10.1. The Morgan fingerprint density at radius 1 is 1.08 bits per heavy atom. The molecule has 0 saturated heterocycles. The average molecular weight is 325 g/mol. The van der Waals surface area contributed by atoms with Crippen molar-refractivity contribution in [2.75, 3.05) is 20.1 Å². The predicted octanol–water partition coefficient (Wildman–Crippen LogP) is 1.49. The SMILES string of the molecule is CN=C(NCCNC(=O)c1cccc(C)c1)NCc1ccccn1. The molecule has 6 heteroatoms. The Morgan fingerprint density at radius 3 is 2.62 bits per heavy atom. The summed E-state index contributed by atoms with van der Waals surface area (Å²) in [5.74, 6) is 0.599. The van der Waals surface area contributed by atoms with E-state index in [1.165, 1.54) is 0 Å². The van der Waals surface area contributed by atoms with Crippen LogP contribution in [-0.4, -0.2) is 37.0 Å². The molecule has 0 aliphatic heterocycles. The maximum Gasteiger partial charge on any atom is 0.251 e. The molecule has 1 heterocycles. The zero-order chi connectivity index (χ0) is 17.2. The van der Waals surface area contributed by atoms with E-state index in [9.17, 15) is 4.79 Å². The van der Waals surface area contributed by atoms with Gasteiger partial charge in [-0.15, -0.1) is 0 Å². The molecule has 1 aromatic carbocycles. The number of nitrogens with one attached hydrogen (secondary N) is 3. The lowest BCUT2D eigenvalue weighted by Gasteiger charge is -2.12. The lowest BCUT2D eigenvalue weighted by molar-refractivity contribution is 0.0954. The Kier molecular flexibility index (Phi) is 6.76. The first-order valence-electron chi connectivity index (χ1n) is 7.88. The van der Waals surface area contributed by atoms with E-state index in [1.807, 2.05) is 49.4 Å². The van der Waals surface area contributed by atoms with Gasteiger partial charge in [-0.1, -0.05) is 23.8 Å². The van der Waals surface area contributed by atoms with E-state index in [2.05, 4.69) is 25.9 Å². The van der Waals surface area contributed by atoms with E-state index >= 15 is 0 Å². The van der Waals surface area contributed by atoms with Crippen molar-refractivity contribution in [3.8, 4) is 0 Å². The fraction of sp³-hybridized carbons (Fsp3) is 0.278. The number of aromatic nitrogens is 1. The van der Waals surface area contributed by atoms with Crippen LogP contribution in [0.15, 0.2) is 53.7 Å². The van der Waals surface area contributed by atoms with Crippen LogP contribution in [0.5, 0.6) is 0 Å². The minimum Gasteiger partial charge on any atom is -0.355 e. The molecule has 126 valence electrons. The number of aryl methyl sites for hydroxylation is 1. The van der Waals surface area contributed by atoms with E-state index in [0.29, 0.717) is 31.2 Å². The number of nitrogens with zero attached hydrogens (tertiary/aromatic N) is 2. The molecule has 0 fully saturated rings. The molecule has 0 unspecified atom stereocenters. The molecule has 24 heavy (non-hydrogen) atoms. The van der Waals surface area contributed by atoms with Crippen molar-refractivity contribution in [3.63, 3.8) is 0 Å². The summed E-state index contributed by atoms with van der Waals surface area (Å²) in [6.45, 7) is 3.66. The zero-order valence-electron chi connectivity index (χ0n) is 14.0. The smallest absolute Gasteiger partial charge is 0.251 e. The van der Waals surface area contributed by atoms with Gasteiger partial charge in [0.2, 0.25) is 0 Å². The number of carbonyl (C=O) groups is 1. The maximum absolute atomic E-state index is 12.0. The van der Waals surface area contributed by atoms with Gasteiger partial charge in [-0.3, -0.25) is 14.8 Å². The van der Waals surface area contributed by atoms with Crippen LogP contribution in [0.2, 0.25) is 0 Å². The minimum atomic E-state index is -0.0723. The molecule has 2 aromatic rings. The number of guanidine groups is 1. The summed E-state index contributed by atoms with van der Waals surface area (Å²) in [7, 11) is 1.71. The molecule has 6 nitrogen and oxygen atoms in total. The molecule has 0 aliphatic rings. The molecule has 0 bridgehead atoms. The number of rotatable bonds is 6. The van der Waals surface area contributed by atoms with Crippen molar-refractivity contribution >= 4 is 11.9 Å². The first-order chi connectivity index (χ1) is 11.7. The standard InChI is InChI=1S/C18H23N5O/c1-14-6-5-7-15(12-14)17(24)21-10-11-22-18(19-2)23-13-16-8-3-4-9-20-16/h3-9,12H,10-11,13H2,1-2H3,(H,21,24)(H2,19,22,23). The van der Waals surface area contributed by atoms with Crippen molar-refractivity contribution < 1.29 is 4.79 Å². The van der Waals surface area contributed by atoms with Crippen LogP contribution in [0.1, 0.15) is 21.6 Å². The third kappa shape index (κ3) is 5.72.